The molecule has 0 bridgehead atoms. The molecule has 0 atom stereocenters. The lowest BCUT2D eigenvalue weighted by atomic mass is 10.1. The fourth-order valence-corrected chi connectivity index (χ4v) is 4.42. The summed E-state index contributed by atoms with van der Waals surface area (Å²) in [6, 6.07) is 9.68. The Bertz CT molecular complexity index is 1350. The molecule has 4 aromatic rings. The Morgan fingerprint density at radius 2 is 1.88 bits per heavy atom. The van der Waals surface area contributed by atoms with Crippen LogP contribution in [0.3, 0.4) is 0 Å². The number of amides is 2. The van der Waals surface area contributed by atoms with Crippen LogP contribution in [0.4, 0.5) is 0 Å². The third-order valence-corrected chi connectivity index (χ3v) is 6.48. The van der Waals surface area contributed by atoms with Crippen LogP contribution in [0.2, 0.25) is 0 Å². The van der Waals surface area contributed by atoms with Crippen molar-refractivity contribution in [2.45, 2.75) is 38.4 Å². The number of H-pyrrole nitrogens is 1. The minimum Gasteiger partial charge on any atom is -0.351 e. The SMILES string of the molecule is Cc1cnc(C2(NC(=O)c3cnn4c3CN(C(=O)c3cc5ccccc5[nH]3)CC4)CC2)nc1. The lowest BCUT2D eigenvalue weighted by Gasteiger charge is -2.28. The maximum absolute atomic E-state index is 13.2. The molecule has 3 aromatic heterocycles. The summed E-state index contributed by atoms with van der Waals surface area (Å²) in [6.45, 7) is 3.33. The average molecular weight is 441 g/mol. The van der Waals surface area contributed by atoms with Crippen LogP contribution in [0.25, 0.3) is 10.9 Å². The van der Waals surface area contributed by atoms with Gasteiger partial charge in [0.1, 0.15) is 11.2 Å². The molecule has 0 spiro atoms. The van der Waals surface area contributed by atoms with Crippen molar-refractivity contribution >= 4 is 22.7 Å². The van der Waals surface area contributed by atoms with E-state index in [2.05, 4.69) is 25.4 Å². The maximum atomic E-state index is 13.2. The molecule has 0 saturated heterocycles. The molecule has 1 aromatic carbocycles. The van der Waals surface area contributed by atoms with Gasteiger partial charge in [-0.05, 0) is 37.5 Å². The predicted octanol–water partition coefficient (Wildman–Crippen LogP) is 2.54. The van der Waals surface area contributed by atoms with Gasteiger partial charge in [0.2, 0.25) is 0 Å². The number of benzene rings is 1. The van der Waals surface area contributed by atoms with E-state index in [-0.39, 0.29) is 11.8 Å². The topological polar surface area (TPSA) is 109 Å². The summed E-state index contributed by atoms with van der Waals surface area (Å²) in [5.74, 6) is 0.340. The monoisotopic (exact) mass is 441 g/mol. The van der Waals surface area contributed by atoms with E-state index in [0.717, 1.165) is 35.0 Å². The van der Waals surface area contributed by atoms with Crippen LogP contribution >= 0.6 is 0 Å². The molecule has 6 rings (SSSR count). The molecule has 9 heteroatoms. The highest BCUT2D eigenvalue weighted by Crippen LogP contribution is 2.44. The highest BCUT2D eigenvalue weighted by atomic mass is 16.2. The van der Waals surface area contributed by atoms with E-state index >= 15 is 0 Å². The molecule has 1 fully saturated rings. The van der Waals surface area contributed by atoms with E-state index in [1.165, 1.54) is 0 Å². The molecule has 9 nitrogen and oxygen atoms in total. The number of aromatic amines is 1. The van der Waals surface area contributed by atoms with Gasteiger partial charge in [-0.1, -0.05) is 18.2 Å². The van der Waals surface area contributed by atoms with Crippen molar-refractivity contribution in [1.29, 1.82) is 0 Å². The first-order valence-corrected chi connectivity index (χ1v) is 11.1. The Labute approximate surface area is 189 Å². The van der Waals surface area contributed by atoms with Crippen molar-refractivity contribution in [3.63, 3.8) is 0 Å². The second-order valence-corrected chi connectivity index (χ2v) is 8.85. The molecule has 1 aliphatic heterocycles. The van der Waals surface area contributed by atoms with E-state index in [9.17, 15) is 9.59 Å². The highest BCUT2D eigenvalue weighted by Gasteiger charge is 2.49. The summed E-state index contributed by atoms with van der Waals surface area (Å²) in [4.78, 5) is 40.2. The summed E-state index contributed by atoms with van der Waals surface area (Å²) in [5.41, 5.74) is 3.16. The van der Waals surface area contributed by atoms with Gasteiger partial charge in [0.05, 0.1) is 30.5 Å². The van der Waals surface area contributed by atoms with E-state index in [0.29, 0.717) is 36.7 Å². The van der Waals surface area contributed by atoms with Crippen LogP contribution < -0.4 is 5.32 Å². The van der Waals surface area contributed by atoms with Crippen molar-refractivity contribution in [2.75, 3.05) is 6.54 Å². The quantitative estimate of drug-likeness (QED) is 0.506. The standard InChI is InChI=1S/C24H23N7O2/c1-15-11-25-23(26-12-15)24(6-7-24)29-21(32)17-13-27-31-9-8-30(14-20(17)31)22(33)19-10-16-4-2-3-5-18(16)28-19/h2-5,10-13,28H,6-9,14H2,1H3,(H,29,32). The minimum absolute atomic E-state index is 0.0864. The van der Waals surface area contributed by atoms with E-state index in [1.807, 2.05) is 41.9 Å². The molecule has 2 aliphatic rings. The molecule has 33 heavy (non-hydrogen) atoms. The fraction of sp³-hybridized carbons (Fsp3) is 0.292. The summed E-state index contributed by atoms with van der Waals surface area (Å²) in [5, 5.41) is 8.51. The van der Waals surface area contributed by atoms with Gasteiger partial charge in [0.15, 0.2) is 5.82 Å². The largest absolute Gasteiger partial charge is 0.351 e. The molecule has 166 valence electrons. The Kier molecular flexibility index (Phi) is 4.33. The summed E-state index contributed by atoms with van der Waals surface area (Å²) >= 11 is 0. The number of aryl methyl sites for hydroxylation is 1. The molecule has 0 unspecified atom stereocenters. The third kappa shape index (κ3) is 3.36. The van der Waals surface area contributed by atoms with Crippen molar-refractivity contribution in [1.82, 2.24) is 34.9 Å². The number of rotatable bonds is 4. The molecular weight excluding hydrogens is 418 g/mol. The van der Waals surface area contributed by atoms with Crippen molar-refractivity contribution < 1.29 is 9.59 Å². The fourth-order valence-electron chi connectivity index (χ4n) is 4.42. The van der Waals surface area contributed by atoms with Gasteiger partial charge in [0.25, 0.3) is 11.8 Å². The van der Waals surface area contributed by atoms with Gasteiger partial charge in [-0.25, -0.2) is 9.97 Å². The van der Waals surface area contributed by atoms with E-state index in [1.54, 1.807) is 23.5 Å². The zero-order valence-corrected chi connectivity index (χ0v) is 18.2. The van der Waals surface area contributed by atoms with E-state index < -0.39 is 5.54 Å². The molecule has 2 amide bonds. The van der Waals surface area contributed by atoms with Crippen molar-refractivity contribution in [3.8, 4) is 0 Å². The number of hydrogen-bond donors (Lipinski definition) is 2. The molecular formula is C24H23N7O2. The highest BCUT2D eigenvalue weighted by molar-refractivity contribution is 5.99. The molecule has 4 heterocycles. The Balaban J connectivity index is 1.22. The predicted molar refractivity (Wildman–Crippen MR) is 120 cm³/mol. The summed E-state index contributed by atoms with van der Waals surface area (Å²) in [7, 11) is 0. The van der Waals surface area contributed by atoms with E-state index in [4.69, 9.17) is 0 Å². The average Bonchev–Trinajstić information content (AvgIpc) is 3.29. The number of nitrogens with one attached hydrogen (secondary N) is 2. The van der Waals surface area contributed by atoms with Crippen molar-refractivity contribution in [2.24, 2.45) is 0 Å². The van der Waals surface area contributed by atoms with Gasteiger partial charge in [0, 0.05) is 29.8 Å². The smallest absolute Gasteiger partial charge is 0.270 e. The number of hydrogen-bond acceptors (Lipinski definition) is 5. The van der Waals surface area contributed by atoms with Gasteiger partial charge in [-0.2, -0.15) is 5.10 Å². The number of para-hydroxylation sites is 1. The van der Waals surface area contributed by atoms with Crippen LogP contribution in [0.15, 0.2) is 48.9 Å². The van der Waals surface area contributed by atoms with Crippen LogP contribution in [0, 0.1) is 6.92 Å². The Morgan fingerprint density at radius 1 is 1.09 bits per heavy atom. The Hall–Kier alpha value is -4.01. The van der Waals surface area contributed by atoms with Gasteiger partial charge < -0.3 is 15.2 Å². The second kappa shape index (κ2) is 7.26. The zero-order chi connectivity index (χ0) is 22.6. The molecule has 1 aliphatic carbocycles. The Morgan fingerprint density at radius 3 is 2.64 bits per heavy atom. The van der Waals surface area contributed by atoms with Crippen molar-refractivity contribution in [3.05, 3.63) is 77.3 Å². The third-order valence-electron chi connectivity index (χ3n) is 6.48. The van der Waals surface area contributed by atoms with Crippen LogP contribution in [-0.2, 0) is 18.6 Å². The number of carbonyl (C=O) groups excluding carboxylic acids is 2. The zero-order valence-electron chi connectivity index (χ0n) is 18.2. The molecule has 0 radical (unpaired) electrons. The number of fused-ring (bicyclic) bond motifs is 2. The first-order chi connectivity index (χ1) is 16.0. The summed E-state index contributed by atoms with van der Waals surface area (Å²) in [6.07, 6.45) is 6.73. The van der Waals surface area contributed by atoms with Gasteiger partial charge in [-0.15, -0.1) is 0 Å². The minimum atomic E-state index is -0.520. The normalized spacial score (nSPS) is 16.5. The number of nitrogens with zero attached hydrogens (tertiary/aromatic N) is 5. The maximum Gasteiger partial charge on any atom is 0.270 e. The molecule has 2 N–H and O–H groups in total. The second-order valence-electron chi connectivity index (χ2n) is 8.85. The molecule has 1 saturated carbocycles. The lowest BCUT2D eigenvalue weighted by Crippen LogP contribution is -2.40. The summed E-state index contributed by atoms with van der Waals surface area (Å²) < 4.78 is 1.81. The van der Waals surface area contributed by atoms with Gasteiger partial charge >= 0.3 is 0 Å². The number of aromatic nitrogens is 5. The number of carbonyl (C=O) groups is 2. The van der Waals surface area contributed by atoms with Crippen LogP contribution in [-0.4, -0.2) is 48.0 Å². The lowest BCUT2D eigenvalue weighted by molar-refractivity contribution is 0.0697. The first-order valence-electron chi connectivity index (χ1n) is 11.1. The van der Waals surface area contributed by atoms with Crippen LogP contribution in [0.1, 0.15) is 50.8 Å². The first kappa shape index (κ1) is 19.7. The van der Waals surface area contributed by atoms with Crippen LogP contribution in [0.5, 0.6) is 0 Å². The van der Waals surface area contributed by atoms with Gasteiger partial charge in [-0.3, -0.25) is 14.3 Å².